The molecule has 1 unspecified atom stereocenters. The highest BCUT2D eigenvalue weighted by Crippen LogP contribution is 2.43. The maximum Gasteiger partial charge on any atom is 0.355 e. The Hall–Kier alpha value is -4.63. The van der Waals surface area contributed by atoms with Gasteiger partial charge in [-0.15, -0.1) is 0 Å². The van der Waals surface area contributed by atoms with Crippen molar-refractivity contribution in [3.8, 4) is 6.07 Å². The van der Waals surface area contributed by atoms with Crippen molar-refractivity contribution in [2.75, 3.05) is 19.1 Å². The van der Waals surface area contributed by atoms with Gasteiger partial charge in [-0.05, 0) is 23.8 Å². The molecule has 0 aromatic heterocycles. The number of sulfonamides is 1. The summed E-state index contributed by atoms with van der Waals surface area (Å²) < 4.78 is 36.6. The van der Waals surface area contributed by atoms with Crippen LogP contribution in [-0.4, -0.2) is 40.5 Å². The minimum Gasteiger partial charge on any atom is -0.466 e. The summed E-state index contributed by atoms with van der Waals surface area (Å²) in [6.45, 7) is 0. The largest absolute Gasteiger partial charge is 0.466 e. The Bertz CT molecular complexity index is 1490. The average molecular weight is 494 g/mol. The topological polar surface area (TPSA) is 169 Å². The van der Waals surface area contributed by atoms with E-state index in [1.807, 2.05) is 10.8 Å². The van der Waals surface area contributed by atoms with Gasteiger partial charge in [0, 0.05) is 5.69 Å². The number of nitrogens with two attached hydrogens (primary N) is 1. The van der Waals surface area contributed by atoms with E-state index in [4.69, 9.17) is 15.2 Å². The zero-order valence-electron chi connectivity index (χ0n) is 18.4. The quantitative estimate of drug-likeness (QED) is 0.585. The highest BCUT2D eigenvalue weighted by molar-refractivity contribution is 7.90. The molecule has 178 valence electrons. The van der Waals surface area contributed by atoms with Crippen LogP contribution in [0.2, 0.25) is 0 Å². The van der Waals surface area contributed by atoms with Gasteiger partial charge in [0.15, 0.2) is 0 Å². The summed E-state index contributed by atoms with van der Waals surface area (Å²) in [5.41, 5.74) is 6.09. The minimum absolute atomic E-state index is 0.00221. The maximum absolute atomic E-state index is 13.0. The number of hydrogen-bond acceptors (Lipinski definition) is 10. The normalized spacial score (nSPS) is 18.5. The SMILES string of the molecule is COC(=O)C1=C(C(=O)OC)N(c2ccc3c(c2)S(=O)(=O)NC3=O)C(N)=C(C#N)C1c1ccccc1. The van der Waals surface area contributed by atoms with Crippen molar-refractivity contribution in [2.45, 2.75) is 10.8 Å². The van der Waals surface area contributed by atoms with E-state index < -0.39 is 33.8 Å². The first kappa shape index (κ1) is 23.5. The molecule has 0 saturated heterocycles. The molecule has 12 heteroatoms. The molecule has 2 aliphatic rings. The molecule has 0 bridgehead atoms. The van der Waals surface area contributed by atoms with E-state index in [0.29, 0.717) is 5.56 Å². The molecule has 4 rings (SSSR count). The number of nitrogens with one attached hydrogen (secondary N) is 1. The number of benzene rings is 2. The Labute approximate surface area is 200 Å². The predicted octanol–water partition coefficient (Wildman–Crippen LogP) is 1.02. The van der Waals surface area contributed by atoms with Crippen LogP contribution in [0.1, 0.15) is 21.8 Å². The first-order chi connectivity index (χ1) is 16.7. The van der Waals surface area contributed by atoms with E-state index >= 15 is 0 Å². The summed E-state index contributed by atoms with van der Waals surface area (Å²) in [4.78, 5) is 38.8. The number of anilines is 1. The lowest BCUT2D eigenvalue weighted by Gasteiger charge is -2.36. The fourth-order valence-corrected chi connectivity index (χ4v) is 5.26. The standard InChI is InChI=1S/C23H18N4O7S/c1-33-22(29)18-17(12-6-4-3-5-7-12)15(11-24)20(25)27(19(18)23(30)34-2)13-8-9-14-16(10-13)35(31,32)26-21(14)28/h3-10,17H,25H2,1-2H3,(H,26,28). The molecule has 0 radical (unpaired) electrons. The molecule has 2 heterocycles. The molecule has 0 fully saturated rings. The van der Waals surface area contributed by atoms with Crippen molar-refractivity contribution in [2.24, 2.45) is 5.73 Å². The Morgan fingerprint density at radius 3 is 2.34 bits per heavy atom. The van der Waals surface area contributed by atoms with Crippen molar-refractivity contribution >= 4 is 33.6 Å². The van der Waals surface area contributed by atoms with Gasteiger partial charge in [-0.25, -0.2) is 22.7 Å². The Morgan fingerprint density at radius 1 is 1.09 bits per heavy atom. The summed E-state index contributed by atoms with van der Waals surface area (Å²) in [5, 5.41) is 10.0. The van der Waals surface area contributed by atoms with E-state index in [-0.39, 0.29) is 38.8 Å². The molecule has 35 heavy (non-hydrogen) atoms. The number of amides is 1. The van der Waals surface area contributed by atoms with Crippen LogP contribution in [0.4, 0.5) is 5.69 Å². The maximum atomic E-state index is 13.0. The molecule has 0 aliphatic carbocycles. The molecule has 0 spiro atoms. The molecule has 1 amide bonds. The zero-order valence-corrected chi connectivity index (χ0v) is 19.3. The lowest BCUT2D eigenvalue weighted by molar-refractivity contribution is -0.139. The van der Waals surface area contributed by atoms with Gasteiger partial charge in [-0.2, -0.15) is 5.26 Å². The van der Waals surface area contributed by atoms with Gasteiger partial charge < -0.3 is 15.2 Å². The van der Waals surface area contributed by atoms with E-state index in [2.05, 4.69) is 0 Å². The predicted molar refractivity (Wildman–Crippen MR) is 121 cm³/mol. The molecule has 0 saturated carbocycles. The van der Waals surface area contributed by atoms with Crippen LogP contribution in [0, 0.1) is 11.3 Å². The van der Waals surface area contributed by atoms with Gasteiger partial charge in [0.05, 0.1) is 42.9 Å². The number of ether oxygens (including phenoxy) is 2. The Balaban J connectivity index is 2.07. The monoisotopic (exact) mass is 494 g/mol. The van der Waals surface area contributed by atoms with Crippen LogP contribution in [0.15, 0.2) is 76.1 Å². The van der Waals surface area contributed by atoms with Crippen LogP contribution < -0.4 is 15.4 Å². The van der Waals surface area contributed by atoms with Gasteiger partial charge in [-0.3, -0.25) is 9.69 Å². The molecule has 1 atom stereocenters. The second kappa shape index (κ2) is 8.62. The van der Waals surface area contributed by atoms with Crippen LogP contribution in [0.25, 0.3) is 0 Å². The van der Waals surface area contributed by atoms with Crippen LogP contribution in [0.5, 0.6) is 0 Å². The summed E-state index contributed by atoms with van der Waals surface area (Å²) in [6, 6.07) is 14.1. The molecule has 11 nitrogen and oxygen atoms in total. The van der Waals surface area contributed by atoms with Gasteiger partial charge in [0.25, 0.3) is 15.9 Å². The van der Waals surface area contributed by atoms with Crippen LogP contribution >= 0.6 is 0 Å². The molecular formula is C23H18N4O7S. The zero-order chi connectivity index (χ0) is 25.5. The summed E-state index contributed by atoms with van der Waals surface area (Å²) >= 11 is 0. The lowest BCUT2D eigenvalue weighted by atomic mass is 9.81. The second-order valence-electron chi connectivity index (χ2n) is 7.45. The highest BCUT2D eigenvalue weighted by Gasteiger charge is 2.43. The fourth-order valence-electron chi connectivity index (χ4n) is 4.07. The van der Waals surface area contributed by atoms with Gasteiger partial charge >= 0.3 is 11.9 Å². The minimum atomic E-state index is -4.16. The van der Waals surface area contributed by atoms with E-state index in [0.717, 1.165) is 25.2 Å². The van der Waals surface area contributed by atoms with Crippen molar-refractivity contribution in [1.29, 1.82) is 5.26 Å². The number of nitriles is 1. The van der Waals surface area contributed by atoms with Gasteiger partial charge in [0.1, 0.15) is 16.4 Å². The Kier molecular flexibility index (Phi) is 5.79. The van der Waals surface area contributed by atoms with Crippen molar-refractivity contribution < 1.29 is 32.3 Å². The number of rotatable bonds is 4. The summed E-state index contributed by atoms with van der Waals surface area (Å²) in [7, 11) is -1.95. The number of hydrogen-bond donors (Lipinski definition) is 2. The molecule has 3 N–H and O–H groups in total. The van der Waals surface area contributed by atoms with Crippen LogP contribution in [0.3, 0.4) is 0 Å². The fraction of sp³-hybridized carbons (Fsp3) is 0.130. The van der Waals surface area contributed by atoms with Gasteiger partial charge in [-0.1, -0.05) is 30.3 Å². The lowest BCUT2D eigenvalue weighted by Crippen LogP contribution is -2.40. The third-order valence-corrected chi connectivity index (χ3v) is 6.97. The molecule has 2 aromatic carbocycles. The molecule has 2 aliphatic heterocycles. The number of fused-ring (bicyclic) bond motifs is 1. The number of carbonyl (C=O) groups is 3. The number of carbonyl (C=O) groups excluding carboxylic acids is 3. The first-order valence-corrected chi connectivity index (χ1v) is 11.5. The average Bonchev–Trinajstić information content (AvgIpc) is 3.09. The van der Waals surface area contributed by atoms with Crippen molar-refractivity contribution in [3.63, 3.8) is 0 Å². The van der Waals surface area contributed by atoms with Crippen molar-refractivity contribution in [1.82, 2.24) is 4.72 Å². The second-order valence-corrected chi connectivity index (χ2v) is 9.10. The number of nitrogens with zero attached hydrogens (tertiary/aromatic N) is 2. The molecular weight excluding hydrogens is 476 g/mol. The van der Waals surface area contributed by atoms with Crippen LogP contribution in [-0.2, 0) is 29.1 Å². The number of allylic oxidation sites excluding steroid dienone is 1. The van der Waals surface area contributed by atoms with Gasteiger partial charge in [0.2, 0.25) is 0 Å². The van der Waals surface area contributed by atoms with E-state index in [1.54, 1.807) is 30.3 Å². The van der Waals surface area contributed by atoms with Crippen molar-refractivity contribution in [3.05, 3.63) is 82.3 Å². The molecule has 2 aromatic rings. The number of esters is 2. The summed E-state index contributed by atoms with van der Waals surface area (Å²) in [5.74, 6) is -4.02. The third-order valence-electron chi connectivity index (χ3n) is 5.59. The highest BCUT2D eigenvalue weighted by atomic mass is 32.2. The van der Waals surface area contributed by atoms with E-state index in [9.17, 15) is 28.1 Å². The third kappa shape index (κ3) is 3.68. The van der Waals surface area contributed by atoms with E-state index in [1.165, 1.54) is 12.1 Å². The first-order valence-electron chi connectivity index (χ1n) is 10.0. The summed E-state index contributed by atoms with van der Waals surface area (Å²) in [6.07, 6.45) is 0. The number of methoxy groups -OCH3 is 2. The Morgan fingerprint density at radius 2 is 1.74 bits per heavy atom. The smallest absolute Gasteiger partial charge is 0.355 e.